The summed E-state index contributed by atoms with van der Waals surface area (Å²) >= 11 is 0. The molecule has 3 heteroatoms. The Hall–Kier alpha value is -1.30. The van der Waals surface area contributed by atoms with Crippen molar-refractivity contribution in [2.45, 2.75) is 0 Å². The second kappa shape index (κ2) is 5.55. The van der Waals surface area contributed by atoms with Gasteiger partial charge in [-0.2, -0.15) is 18.2 Å². The van der Waals surface area contributed by atoms with Gasteiger partial charge in [0.25, 0.3) is 0 Å². The third kappa shape index (κ3) is 3.39. The Morgan fingerprint density at radius 2 is 1.40 bits per heavy atom. The Morgan fingerprint density at radius 1 is 0.867 bits per heavy atom. The van der Waals surface area contributed by atoms with E-state index in [1.165, 1.54) is 0 Å². The minimum Gasteiger partial charge on any atom is -0.399 e. The molecule has 0 aliphatic rings. The first-order chi connectivity index (χ1) is 6.84. The molecule has 0 atom stereocenters. The standard InChI is InChI=1S/C12H11N2.Re/c13-10-6-8-12(9-7-10)14-11-4-2-1-3-5-11;/h2-9,14H,13H2;/q-1;. The van der Waals surface area contributed by atoms with E-state index in [-0.39, 0.29) is 20.4 Å². The molecular weight excluding hydrogens is 358 g/mol. The van der Waals surface area contributed by atoms with Crippen LogP contribution in [0.5, 0.6) is 0 Å². The first-order valence-corrected chi connectivity index (χ1v) is 4.43. The molecule has 0 spiro atoms. The minimum absolute atomic E-state index is 0. The molecule has 0 saturated carbocycles. The van der Waals surface area contributed by atoms with Crippen molar-refractivity contribution in [2.24, 2.45) is 0 Å². The van der Waals surface area contributed by atoms with Gasteiger partial charge in [0.2, 0.25) is 0 Å². The van der Waals surface area contributed by atoms with Crippen LogP contribution in [0.3, 0.4) is 0 Å². The Bertz CT molecular complexity index is 398. The molecule has 3 N–H and O–H groups in total. The van der Waals surface area contributed by atoms with E-state index in [0.717, 1.165) is 17.1 Å². The van der Waals surface area contributed by atoms with Gasteiger partial charge in [-0.05, 0) is 24.3 Å². The van der Waals surface area contributed by atoms with Crippen LogP contribution >= 0.6 is 0 Å². The maximum Gasteiger partial charge on any atom is 0.0368 e. The summed E-state index contributed by atoms with van der Waals surface area (Å²) in [6.07, 6.45) is 0. The first kappa shape index (κ1) is 11.8. The van der Waals surface area contributed by atoms with Crippen molar-refractivity contribution in [3.63, 3.8) is 0 Å². The molecule has 15 heavy (non-hydrogen) atoms. The first-order valence-electron chi connectivity index (χ1n) is 4.43. The molecule has 0 amide bonds. The number of rotatable bonds is 2. The average molecular weight is 369 g/mol. The van der Waals surface area contributed by atoms with Crippen molar-refractivity contribution in [1.29, 1.82) is 0 Å². The number of nitrogen functional groups attached to an aromatic ring is 1. The number of hydrogen-bond acceptors (Lipinski definition) is 2. The van der Waals surface area contributed by atoms with Crippen LogP contribution in [0, 0.1) is 6.07 Å². The molecule has 0 saturated heterocycles. The summed E-state index contributed by atoms with van der Waals surface area (Å²) in [5.74, 6) is 0. The molecule has 1 radical (unpaired) electrons. The zero-order valence-corrected chi connectivity index (χ0v) is 10.8. The van der Waals surface area contributed by atoms with Crippen LogP contribution in [0.15, 0.2) is 48.5 Å². The van der Waals surface area contributed by atoms with Gasteiger partial charge in [0.05, 0.1) is 0 Å². The Labute approximate surface area is 103 Å². The summed E-state index contributed by atoms with van der Waals surface area (Å²) in [7, 11) is 0. The van der Waals surface area contributed by atoms with Crippen LogP contribution in [0.1, 0.15) is 0 Å². The molecule has 2 aromatic rings. The molecule has 0 heterocycles. The summed E-state index contributed by atoms with van der Waals surface area (Å²) < 4.78 is 0. The number of hydrogen-bond donors (Lipinski definition) is 2. The van der Waals surface area contributed by atoms with E-state index < -0.39 is 0 Å². The average Bonchev–Trinajstić information content (AvgIpc) is 2.23. The van der Waals surface area contributed by atoms with Crippen molar-refractivity contribution in [3.8, 4) is 0 Å². The van der Waals surface area contributed by atoms with Crippen LogP contribution in [-0.2, 0) is 20.4 Å². The number of anilines is 3. The second-order valence-corrected chi connectivity index (χ2v) is 3.04. The van der Waals surface area contributed by atoms with Crippen LogP contribution < -0.4 is 11.1 Å². The zero-order valence-electron chi connectivity index (χ0n) is 8.07. The zero-order chi connectivity index (χ0) is 9.80. The third-order valence-corrected chi connectivity index (χ3v) is 1.92. The van der Waals surface area contributed by atoms with E-state index >= 15 is 0 Å². The SMILES string of the molecule is Nc1ccc(Nc2cc[c-]cc2)cc1.[Re]. The van der Waals surface area contributed by atoms with Gasteiger partial charge in [0.1, 0.15) is 0 Å². The molecule has 0 aliphatic carbocycles. The predicted octanol–water partition coefficient (Wildman–Crippen LogP) is 2.81. The van der Waals surface area contributed by atoms with Gasteiger partial charge in [-0.1, -0.05) is 5.69 Å². The molecule has 77 valence electrons. The van der Waals surface area contributed by atoms with Gasteiger partial charge in [0, 0.05) is 31.8 Å². The largest absolute Gasteiger partial charge is 0.399 e. The molecule has 2 rings (SSSR count). The fraction of sp³-hybridized carbons (Fsp3) is 0. The van der Waals surface area contributed by atoms with Crippen molar-refractivity contribution in [2.75, 3.05) is 11.1 Å². The fourth-order valence-corrected chi connectivity index (χ4v) is 1.20. The molecule has 0 aliphatic heterocycles. The van der Waals surface area contributed by atoms with Crippen LogP contribution in [0.2, 0.25) is 0 Å². The molecule has 2 aromatic carbocycles. The summed E-state index contributed by atoms with van der Waals surface area (Å²) in [5, 5.41) is 3.26. The van der Waals surface area contributed by atoms with Crippen molar-refractivity contribution < 1.29 is 20.4 Å². The van der Waals surface area contributed by atoms with Gasteiger partial charge in [-0.15, -0.1) is 12.1 Å². The van der Waals surface area contributed by atoms with Gasteiger partial charge >= 0.3 is 0 Å². The van der Waals surface area contributed by atoms with Gasteiger partial charge in [-0.3, -0.25) is 0 Å². The molecule has 0 unspecified atom stereocenters. The molecule has 0 aromatic heterocycles. The predicted molar refractivity (Wildman–Crippen MR) is 59.4 cm³/mol. The molecule has 0 bridgehead atoms. The number of nitrogens with one attached hydrogen (secondary N) is 1. The Morgan fingerprint density at radius 3 is 2.00 bits per heavy atom. The smallest absolute Gasteiger partial charge is 0.0368 e. The normalized spacial score (nSPS) is 9.07. The van der Waals surface area contributed by atoms with Crippen molar-refractivity contribution in [3.05, 3.63) is 54.6 Å². The van der Waals surface area contributed by atoms with Crippen LogP contribution in [0.25, 0.3) is 0 Å². The second-order valence-electron chi connectivity index (χ2n) is 3.04. The quantitative estimate of drug-likeness (QED) is 0.631. The molecule has 0 fully saturated rings. The maximum atomic E-state index is 5.59. The topological polar surface area (TPSA) is 38.0 Å². The third-order valence-electron chi connectivity index (χ3n) is 1.92. The van der Waals surface area contributed by atoms with E-state index in [4.69, 9.17) is 5.73 Å². The van der Waals surface area contributed by atoms with E-state index in [2.05, 4.69) is 11.4 Å². The van der Waals surface area contributed by atoms with Gasteiger partial charge < -0.3 is 11.1 Å². The number of nitrogens with two attached hydrogens (primary N) is 1. The van der Waals surface area contributed by atoms with E-state index in [0.29, 0.717) is 0 Å². The minimum atomic E-state index is 0. The van der Waals surface area contributed by atoms with Crippen LogP contribution in [-0.4, -0.2) is 0 Å². The summed E-state index contributed by atoms with van der Waals surface area (Å²) in [6.45, 7) is 0. The van der Waals surface area contributed by atoms with E-state index in [1.54, 1.807) is 0 Å². The van der Waals surface area contributed by atoms with E-state index in [9.17, 15) is 0 Å². The van der Waals surface area contributed by atoms with Crippen LogP contribution in [0.4, 0.5) is 17.1 Å². The van der Waals surface area contributed by atoms with Gasteiger partial charge in [-0.25, -0.2) is 0 Å². The summed E-state index contributed by atoms with van der Waals surface area (Å²) in [4.78, 5) is 0. The summed E-state index contributed by atoms with van der Waals surface area (Å²) in [6, 6.07) is 18.3. The Balaban J connectivity index is 0.00000112. The monoisotopic (exact) mass is 370 g/mol. The molecule has 2 nitrogen and oxygen atoms in total. The maximum absolute atomic E-state index is 5.59. The van der Waals surface area contributed by atoms with Crippen molar-refractivity contribution in [1.82, 2.24) is 0 Å². The summed E-state index contributed by atoms with van der Waals surface area (Å²) in [5.41, 5.74) is 8.44. The molecular formula is C12H11N2Re-. The Kier molecular flexibility index (Phi) is 4.36. The van der Waals surface area contributed by atoms with Gasteiger partial charge in [0.15, 0.2) is 0 Å². The van der Waals surface area contributed by atoms with E-state index in [1.807, 2.05) is 48.5 Å². The fourth-order valence-electron chi connectivity index (χ4n) is 1.20. The number of benzene rings is 2. The van der Waals surface area contributed by atoms with Crippen molar-refractivity contribution >= 4 is 17.1 Å².